The van der Waals surface area contributed by atoms with Crippen LogP contribution < -0.4 is 10.6 Å². The van der Waals surface area contributed by atoms with Crippen molar-refractivity contribution in [3.63, 3.8) is 0 Å². The first kappa shape index (κ1) is 14.9. The molecule has 0 bridgehead atoms. The summed E-state index contributed by atoms with van der Waals surface area (Å²) in [4.78, 5) is 4.19. The van der Waals surface area contributed by atoms with E-state index in [1.165, 1.54) is 0 Å². The first-order valence-electron chi connectivity index (χ1n) is 6.94. The van der Waals surface area contributed by atoms with Crippen LogP contribution >= 0.6 is 11.8 Å². The summed E-state index contributed by atoms with van der Waals surface area (Å²) in [6.45, 7) is 4.28. The van der Waals surface area contributed by atoms with Crippen molar-refractivity contribution in [1.82, 2.24) is 10.6 Å². The number of aliphatic hydroxyl groups is 1. The van der Waals surface area contributed by atoms with E-state index in [0.717, 1.165) is 49.9 Å². The van der Waals surface area contributed by atoms with Gasteiger partial charge in [0.05, 0.1) is 11.2 Å². The Morgan fingerprint density at radius 2 is 2.16 bits per heavy atom. The largest absolute Gasteiger partial charge is 0.387 e. The molecule has 2 saturated heterocycles. The zero-order valence-corrected chi connectivity index (χ0v) is 12.7. The number of nitrogens with one attached hydrogen (secondary N) is 2. The van der Waals surface area contributed by atoms with Gasteiger partial charge in [-0.25, -0.2) is 0 Å². The first-order chi connectivity index (χ1) is 9.05. The Morgan fingerprint density at radius 3 is 2.74 bits per heavy atom. The normalized spacial score (nSPS) is 35.6. The fourth-order valence-corrected chi connectivity index (χ4v) is 3.75. The minimum Gasteiger partial charge on any atom is -0.387 e. The van der Waals surface area contributed by atoms with E-state index < -0.39 is 5.60 Å². The van der Waals surface area contributed by atoms with Crippen molar-refractivity contribution >= 4 is 17.7 Å². The van der Waals surface area contributed by atoms with Crippen LogP contribution in [0.2, 0.25) is 0 Å². The van der Waals surface area contributed by atoms with Gasteiger partial charge >= 0.3 is 0 Å². The predicted molar refractivity (Wildman–Crippen MR) is 79.8 cm³/mol. The second-order valence-electron chi connectivity index (χ2n) is 5.71. The molecule has 3 N–H and O–H groups in total. The van der Waals surface area contributed by atoms with Crippen LogP contribution in [0.1, 0.15) is 26.2 Å². The third-order valence-corrected chi connectivity index (χ3v) is 5.06. The number of hydrogen-bond acceptors (Lipinski definition) is 4. The Hall–Kier alpha value is -0.460. The summed E-state index contributed by atoms with van der Waals surface area (Å²) in [5, 5.41) is 16.8. The fraction of sp³-hybridized carbons (Fsp3) is 0.923. The second kappa shape index (κ2) is 6.33. The first-order valence-corrected chi connectivity index (χ1v) is 8.09. The molecule has 2 aliphatic heterocycles. The molecule has 0 aromatic rings. The SMILES string of the molecule is CN=C(NCC1(O)CCSC1)NCC1(C)CCCO1. The van der Waals surface area contributed by atoms with Crippen molar-refractivity contribution in [3.05, 3.63) is 0 Å². The molecule has 2 atom stereocenters. The number of rotatable bonds is 4. The van der Waals surface area contributed by atoms with Gasteiger partial charge in [0.15, 0.2) is 5.96 Å². The number of nitrogens with zero attached hydrogens (tertiary/aromatic N) is 1. The van der Waals surface area contributed by atoms with Crippen LogP contribution in [-0.4, -0.2) is 60.5 Å². The molecule has 2 rings (SSSR count). The molecule has 5 nitrogen and oxygen atoms in total. The number of aliphatic imine (C=N–C) groups is 1. The third-order valence-electron chi connectivity index (χ3n) is 3.82. The van der Waals surface area contributed by atoms with Gasteiger partial charge in [-0.15, -0.1) is 0 Å². The van der Waals surface area contributed by atoms with Gasteiger partial charge in [0.2, 0.25) is 0 Å². The van der Waals surface area contributed by atoms with Gasteiger partial charge in [-0.2, -0.15) is 11.8 Å². The molecule has 2 fully saturated rings. The Bertz CT molecular complexity index is 296. The summed E-state index contributed by atoms with van der Waals surface area (Å²) in [6.07, 6.45) is 3.06. The van der Waals surface area contributed by atoms with Crippen molar-refractivity contribution in [1.29, 1.82) is 0 Å². The van der Waals surface area contributed by atoms with Crippen LogP contribution in [0.5, 0.6) is 0 Å². The molecule has 0 saturated carbocycles. The maximum Gasteiger partial charge on any atom is 0.191 e. The molecule has 19 heavy (non-hydrogen) atoms. The van der Waals surface area contributed by atoms with Crippen molar-refractivity contribution in [3.8, 4) is 0 Å². The van der Waals surface area contributed by atoms with Crippen LogP contribution in [0.25, 0.3) is 0 Å². The molecule has 6 heteroatoms. The zero-order valence-electron chi connectivity index (χ0n) is 11.9. The average Bonchev–Trinajstić information content (AvgIpc) is 3.00. The van der Waals surface area contributed by atoms with Crippen molar-refractivity contribution in [2.75, 3.05) is 38.2 Å². The molecule has 2 aliphatic rings. The lowest BCUT2D eigenvalue weighted by Gasteiger charge is -2.26. The highest BCUT2D eigenvalue weighted by molar-refractivity contribution is 7.99. The third kappa shape index (κ3) is 4.26. The molecule has 2 heterocycles. The summed E-state index contributed by atoms with van der Waals surface area (Å²) in [7, 11) is 1.75. The molecule has 0 aromatic carbocycles. The molecule has 0 spiro atoms. The minimum atomic E-state index is -0.587. The minimum absolute atomic E-state index is 0.0856. The van der Waals surface area contributed by atoms with Crippen LogP contribution in [0, 0.1) is 0 Å². The van der Waals surface area contributed by atoms with E-state index in [1.807, 2.05) is 0 Å². The highest BCUT2D eigenvalue weighted by atomic mass is 32.2. The van der Waals surface area contributed by atoms with Gasteiger partial charge in [-0.1, -0.05) is 0 Å². The predicted octanol–water partition coefficient (Wildman–Crippen LogP) is 0.588. The van der Waals surface area contributed by atoms with Gasteiger partial charge in [0, 0.05) is 32.5 Å². The van der Waals surface area contributed by atoms with E-state index in [-0.39, 0.29) is 5.60 Å². The van der Waals surface area contributed by atoms with Crippen molar-refractivity contribution in [2.24, 2.45) is 4.99 Å². The summed E-state index contributed by atoms with van der Waals surface area (Å²) >= 11 is 1.80. The van der Waals surface area contributed by atoms with Crippen LogP contribution in [0.3, 0.4) is 0 Å². The molecule has 110 valence electrons. The molecule has 0 aromatic heterocycles. The topological polar surface area (TPSA) is 65.9 Å². The smallest absolute Gasteiger partial charge is 0.191 e. The quantitative estimate of drug-likeness (QED) is 0.522. The van der Waals surface area contributed by atoms with E-state index in [0.29, 0.717) is 6.54 Å². The molecule has 0 radical (unpaired) electrons. The van der Waals surface area contributed by atoms with E-state index in [9.17, 15) is 5.11 Å². The van der Waals surface area contributed by atoms with E-state index >= 15 is 0 Å². The lowest BCUT2D eigenvalue weighted by Crippen LogP contribution is -2.50. The Labute approximate surface area is 119 Å². The van der Waals surface area contributed by atoms with Crippen LogP contribution in [0.4, 0.5) is 0 Å². The van der Waals surface area contributed by atoms with E-state index in [1.54, 1.807) is 18.8 Å². The van der Waals surface area contributed by atoms with Gasteiger partial charge < -0.3 is 20.5 Å². The highest BCUT2D eigenvalue weighted by Gasteiger charge is 2.32. The van der Waals surface area contributed by atoms with Crippen LogP contribution in [-0.2, 0) is 4.74 Å². The summed E-state index contributed by atoms with van der Waals surface area (Å²) in [5.41, 5.74) is -0.673. The monoisotopic (exact) mass is 287 g/mol. The van der Waals surface area contributed by atoms with Gasteiger partial charge in [-0.3, -0.25) is 4.99 Å². The Kier molecular flexibility index (Phi) is 4.97. The van der Waals surface area contributed by atoms with Crippen molar-refractivity contribution in [2.45, 2.75) is 37.4 Å². The summed E-state index contributed by atoms with van der Waals surface area (Å²) < 4.78 is 5.74. The van der Waals surface area contributed by atoms with Gasteiger partial charge in [-0.05, 0) is 31.9 Å². The molecular formula is C13H25N3O2S. The highest BCUT2D eigenvalue weighted by Crippen LogP contribution is 2.27. The Balaban J connectivity index is 1.74. The number of thioether (sulfide) groups is 1. The average molecular weight is 287 g/mol. The molecule has 0 amide bonds. The van der Waals surface area contributed by atoms with E-state index in [2.05, 4.69) is 22.5 Å². The number of ether oxygens (including phenoxy) is 1. The molecule has 0 aliphatic carbocycles. The summed E-state index contributed by atoms with van der Waals surface area (Å²) in [5.74, 6) is 2.58. The fourth-order valence-electron chi connectivity index (χ4n) is 2.45. The van der Waals surface area contributed by atoms with Gasteiger partial charge in [0.1, 0.15) is 0 Å². The molecule has 2 unspecified atom stereocenters. The maximum absolute atomic E-state index is 10.3. The standard InChI is InChI=1S/C13H25N3O2S/c1-12(4-3-6-18-12)8-15-11(14-2)16-9-13(17)5-7-19-10-13/h17H,3-10H2,1-2H3,(H2,14,15,16). The second-order valence-corrected chi connectivity index (χ2v) is 6.81. The number of hydrogen-bond donors (Lipinski definition) is 3. The number of guanidine groups is 1. The lowest BCUT2D eigenvalue weighted by molar-refractivity contribution is 0.0241. The Morgan fingerprint density at radius 1 is 1.37 bits per heavy atom. The lowest BCUT2D eigenvalue weighted by atomic mass is 10.0. The molecular weight excluding hydrogens is 262 g/mol. The zero-order chi connectivity index (χ0) is 13.8. The van der Waals surface area contributed by atoms with E-state index in [4.69, 9.17) is 4.74 Å². The van der Waals surface area contributed by atoms with Gasteiger partial charge in [0.25, 0.3) is 0 Å². The van der Waals surface area contributed by atoms with Crippen LogP contribution in [0.15, 0.2) is 4.99 Å². The maximum atomic E-state index is 10.3. The van der Waals surface area contributed by atoms with Crippen molar-refractivity contribution < 1.29 is 9.84 Å². The summed E-state index contributed by atoms with van der Waals surface area (Å²) in [6, 6.07) is 0.